The molecule has 6 nitrogen and oxygen atoms in total. The number of piperazine rings is 1. The van der Waals surface area contributed by atoms with Crippen LogP contribution in [0.5, 0.6) is 0 Å². The number of thiophene rings is 1. The van der Waals surface area contributed by atoms with Crippen LogP contribution in [0.25, 0.3) is 10.6 Å². The molecule has 0 unspecified atom stereocenters. The first kappa shape index (κ1) is 17.6. The number of aromatic nitrogens is 1. The van der Waals surface area contributed by atoms with E-state index >= 15 is 0 Å². The largest absolute Gasteiger partial charge is 0.352 e. The van der Waals surface area contributed by atoms with Crippen LogP contribution in [-0.4, -0.2) is 65.4 Å². The Morgan fingerprint density at radius 2 is 2.04 bits per heavy atom. The number of nitrogens with one attached hydrogen (secondary N) is 1. The Balaban J connectivity index is 1.34. The van der Waals surface area contributed by atoms with Gasteiger partial charge in [-0.3, -0.25) is 14.5 Å². The van der Waals surface area contributed by atoms with Gasteiger partial charge in [0.1, 0.15) is 9.88 Å². The van der Waals surface area contributed by atoms with E-state index in [9.17, 15) is 9.59 Å². The molecule has 1 N–H and O–H groups in total. The minimum absolute atomic E-state index is 0.0589. The van der Waals surface area contributed by atoms with Crippen molar-refractivity contribution in [2.24, 2.45) is 0 Å². The molecule has 0 atom stereocenters. The van der Waals surface area contributed by atoms with E-state index in [1.807, 2.05) is 23.3 Å². The van der Waals surface area contributed by atoms with Crippen LogP contribution >= 0.6 is 22.7 Å². The normalized spacial score (nSPS) is 18.1. The zero-order valence-corrected chi connectivity index (χ0v) is 16.4. The zero-order chi connectivity index (χ0) is 18.1. The minimum atomic E-state index is 0.0589. The highest BCUT2D eigenvalue weighted by Gasteiger charge is 2.28. The van der Waals surface area contributed by atoms with Crippen molar-refractivity contribution in [1.82, 2.24) is 20.1 Å². The van der Waals surface area contributed by atoms with Crippen LogP contribution in [-0.2, 0) is 4.79 Å². The van der Waals surface area contributed by atoms with E-state index in [1.54, 1.807) is 11.3 Å². The Bertz CT molecular complexity index is 790. The average Bonchev–Trinajstić information content (AvgIpc) is 3.11. The topological polar surface area (TPSA) is 65.5 Å². The molecule has 1 aliphatic carbocycles. The average molecular weight is 391 g/mol. The fourth-order valence-electron chi connectivity index (χ4n) is 3.06. The molecule has 4 rings (SSSR count). The standard InChI is InChI=1S/C18H22N4O2S2/c1-12-16(26-17(19-12)13-4-9-25-11-13)18(24)22-7-5-21(6-8-22)10-15(23)20-14-2-3-14/h4,9,11,14H,2-3,5-8,10H2,1H3,(H,20,23). The van der Waals surface area contributed by atoms with Crippen LogP contribution < -0.4 is 5.32 Å². The quantitative estimate of drug-likeness (QED) is 0.850. The van der Waals surface area contributed by atoms with Crippen LogP contribution in [0, 0.1) is 6.92 Å². The number of aryl methyl sites for hydroxylation is 1. The van der Waals surface area contributed by atoms with E-state index < -0.39 is 0 Å². The highest BCUT2D eigenvalue weighted by Crippen LogP contribution is 2.30. The molecule has 2 aromatic rings. The maximum atomic E-state index is 12.9. The van der Waals surface area contributed by atoms with Crippen molar-refractivity contribution in [3.63, 3.8) is 0 Å². The lowest BCUT2D eigenvalue weighted by Crippen LogP contribution is -2.51. The van der Waals surface area contributed by atoms with Crippen LogP contribution in [0.3, 0.4) is 0 Å². The summed E-state index contributed by atoms with van der Waals surface area (Å²) in [4.78, 5) is 34.1. The van der Waals surface area contributed by atoms with Gasteiger partial charge in [0.25, 0.3) is 5.91 Å². The maximum Gasteiger partial charge on any atom is 0.265 e. The molecular weight excluding hydrogens is 368 g/mol. The predicted molar refractivity (Wildman–Crippen MR) is 104 cm³/mol. The van der Waals surface area contributed by atoms with Crippen molar-refractivity contribution in [3.8, 4) is 10.6 Å². The minimum Gasteiger partial charge on any atom is -0.352 e. The van der Waals surface area contributed by atoms with Gasteiger partial charge in [0.15, 0.2) is 0 Å². The van der Waals surface area contributed by atoms with Gasteiger partial charge < -0.3 is 10.2 Å². The summed E-state index contributed by atoms with van der Waals surface area (Å²) in [5.41, 5.74) is 1.88. The Morgan fingerprint density at radius 3 is 2.69 bits per heavy atom. The third kappa shape index (κ3) is 3.97. The molecular formula is C18H22N4O2S2. The van der Waals surface area contributed by atoms with Crippen LogP contribution in [0.2, 0.25) is 0 Å². The third-order valence-corrected chi connectivity index (χ3v) is 6.61. The maximum absolute atomic E-state index is 12.9. The summed E-state index contributed by atoms with van der Waals surface area (Å²) in [7, 11) is 0. The summed E-state index contributed by atoms with van der Waals surface area (Å²) in [6.07, 6.45) is 2.21. The molecule has 0 spiro atoms. The van der Waals surface area contributed by atoms with Gasteiger partial charge in [-0.2, -0.15) is 11.3 Å². The highest BCUT2D eigenvalue weighted by molar-refractivity contribution is 7.17. The van der Waals surface area contributed by atoms with Gasteiger partial charge in [-0.05, 0) is 31.2 Å². The Morgan fingerprint density at radius 1 is 1.27 bits per heavy atom. The molecule has 0 aromatic carbocycles. The molecule has 8 heteroatoms. The Kier molecular flexibility index (Phi) is 5.06. The lowest BCUT2D eigenvalue weighted by molar-refractivity contribution is -0.122. The summed E-state index contributed by atoms with van der Waals surface area (Å²) in [5.74, 6) is 0.162. The molecule has 1 saturated carbocycles. The smallest absolute Gasteiger partial charge is 0.265 e. The van der Waals surface area contributed by atoms with Crippen molar-refractivity contribution in [2.45, 2.75) is 25.8 Å². The molecule has 2 aromatic heterocycles. The summed E-state index contributed by atoms with van der Waals surface area (Å²) >= 11 is 3.10. The van der Waals surface area contributed by atoms with E-state index in [0.29, 0.717) is 25.7 Å². The number of hydrogen-bond donors (Lipinski definition) is 1. The monoisotopic (exact) mass is 390 g/mol. The number of carbonyl (C=O) groups excluding carboxylic acids is 2. The van der Waals surface area contributed by atoms with E-state index in [2.05, 4.69) is 20.6 Å². The second-order valence-electron chi connectivity index (χ2n) is 6.86. The lowest BCUT2D eigenvalue weighted by Gasteiger charge is -2.34. The van der Waals surface area contributed by atoms with Gasteiger partial charge in [0.05, 0.1) is 12.2 Å². The molecule has 1 aliphatic heterocycles. The fourth-order valence-corrected chi connectivity index (χ4v) is 4.81. The molecule has 138 valence electrons. The van der Waals surface area contributed by atoms with Gasteiger partial charge in [0, 0.05) is 43.2 Å². The number of carbonyl (C=O) groups is 2. The molecule has 2 fully saturated rings. The van der Waals surface area contributed by atoms with E-state index in [1.165, 1.54) is 11.3 Å². The molecule has 0 radical (unpaired) electrons. The number of rotatable bonds is 5. The summed E-state index contributed by atoms with van der Waals surface area (Å²) in [6, 6.07) is 2.43. The molecule has 26 heavy (non-hydrogen) atoms. The second-order valence-corrected chi connectivity index (χ2v) is 8.63. The second kappa shape index (κ2) is 7.46. The molecule has 2 amide bonds. The molecule has 3 heterocycles. The SMILES string of the molecule is Cc1nc(-c2ccsc2)sc1C(=O)N1CCN(CC(=O)NC2CC2)CC1. The molecule has 0 bridgehead atoms. The third-order valence-electron chi connectivity index (χ3n) is 4.73. The van der Waals surface area contributed by atoms with Gasteiger partial charge in [0.2, 0.25) is 5.91 Å². The lowest BCUT2D eigenvalue weighted by atomic mass is 10.2. The van der Waals surface area contributed by atoms with Gasteiger partial charge in [-0.15, -0.1) is 11.3 Å². The number of amides is 2. The fraction of sp³-hybridized carbons (Fsp3) is 0.500. The van der Waals surface area contributed by atoms with Crippen molar-refractivity contribution in [1.29, 1.82) is 0 Å². The first-order chi connectivity index (χ1) is 12.6. The summed E-state index contributed by atoms with van der Waals surface area (Å²) in [6.45, 7) is 5.11. The zero-order valence-electron chi connectivity index (χ0n) is 14.7. The van der Waals surface area contributed by atoms with E-state index in [4.69, 9.17) is 0 Å². The van der Waals surface area contributed by atoms with Crippen molar-refractivity contribution in [3.05, 3.63) is 27.4 Å². The van der Waals surface area contributed by atoms with Gasteiger partial charge in [-0.1, -0.05) is 0 Å². The number of thiazole rings is 1. The molecule has 2 aliphatic rings. The van der Waals surface area contributed by atoms with E-state index in [0.717, 1.165) is 47.1 Å². The summed E-state index contributed by atoms with van der Waals surface area (Å²) in [5, 5.41) is 8.00. The van der Waals surface area contributed by atoms with Crippen LogP contribution in [0.15, 0.2) is 16.8 Å². The van der Waals surface area contributed by atoms with Crippen molar-refractivity contribution < 1.29 is 9.59 Å². The summed E-state index contributed by atoms with van der Waals surface area (Å²) < 4.78 is 0. The number of nitrogens with zero attached hydrogens (tertiary/aromatic N) is 3. The first-order valence-electron chi connectivity index (χ1n) is 8.91. The van der Waals surface area contributed by atoms with Gasteiger partial charge >= 0.3 is 0 Å². The van der Waals surface area contributed by atoms with Crippen LogP contribution in [0.1, 0.15) is 28.2 Å². The van der Waals surface area contributed by atoms with Crippen molar-refractivity contribution >= 4 is 34.5 Å². The number of hydrogen-bond acceptors (Lipinski definition) is 6. The van der Waals surface area contributed by atoms with Gasteiger partial charge in [-0.25, -0.2) is 4.98 Å². The Labute approximate surface area is 160 Å². The Hall–Kier alpha value is -1.77. The van der Waals surface area contributed by atoms with Crippen molar-refractivity contribution in [2.75, 3.05) is 32.7 Å². The first-order valence-corrected chi connectivity index (χ1v) is 10.7. The van der Waals surface area contributed by atoms with Crippen LogP contribution in [0.4, 0.5) is 0 Å². The predicted octanol–water partition coefficient (Wildman–Crippen LogP) is 2.22. The van der Waals surface area contributed by atoms with E-state index in [-0.39, 0.29) is 11.8 Å². The highest BCUT2D eigenvalue weighted by atomic mass is 32.1. The molecule has 1 saturated heterocycles.